The van der Waals surface area contributed by atoms with E-state index < -0.39 is 0 Å². The van der Waals surface area contributed by atoms with Gasteiger partial charge in [-0.15, -0.1) is 0 Å². The van der Waals surface area contributed by atoms with E-state index in [1.165, 1.54) is 11.8 Å². The summed E-state index contributed by atoms with van der Waals surface area (Å²) >= 11 is 7.44. The first kappa shape index (κ1) is 21.6. The molecular weight excluding hydrogens is 408 g/mol. The maximum atomic E-state index is 12.5. The Labute approximate surface area is 180 Å². The number of para-hydroxylation sites is 1. The molecule has 0 radical (unpaired) electrons. The van der Waals surface area contributed by atoms with Crippen LogP contribution in [0.4, 0.5) is 5.69 Å². The molecule has 8 heteroatoms. The number of carbonyl (C=O) groups is 2. The minimum atomic E-state index is -0.0222. The van der Waals surface area contributed by atoms with Crippen molar-refractivity contribution in [2.45, 2.75) is 18.4 Å². The Bertz CT molecular complexity index is 856. The number of nitrogens with zero attached hydrogens (tertiary/aromatic N) is 3. The molecule has 0 spiro atoms. The summed E-state index contributed by atoms with van der Waals surface area (Å²) < 4.78 is 0. The third-order valence-corrected chi connectivity index (χ3v) is 6.23. The first-order valence-electron chi connectivity index (χ1n) is 9.68. The van der Waals surface area contributed by atoms with Gasteiger partial charge in [0.15, 0.2) is 0 Å². The predicted octanol–water partition coefficient (Wildman–Crippen LogP) is 3.17. The molecule has 0 aliphatic carbocycles. The quantitative estimate of drug-likeness (QED) is 0.681. The Morgan fingerprint density at radius 2 is 1.90 bits per heavy atom. The zero-order valence-electron chi connectivity index (χ0n) is 16.4. The lowest BCUT2D eigenvalue weighted by Gasteiger charge is -2.34. The fraction of sp³-hybridized carbons (Fsp3) is 0.381. The van der Waals surface area contributed by atoms with Crippen molar-refractivity contribution < 1.29 is 9.59 Å². The molecule has 2 heterocycles. The molecule has 0 bridgehead atoms. The van der Waals surface area contributed by atoms with Crippen LogP contribution >= 0.6 is 23.4 Å². The van der Waals surface area contributed by atoms with Gasteiger partial charge < -0.3 is 10.2 Å². The summed E-state index contributed by atoms with van der Waals surface area (Å²) in [6.45, 7) is 5.01. The lowest BCUT2D eigenvalue weighted by molar-refractivity contribution is -0.130. The molecule has 1 saturated heterocycles. The number of amides is 2. The third-order valence-electron chi connectivity index (χ3n) is 4.82. The highest BCUT2D eigenvalue weighted by atomic mass is 35.5. The van der Waals surface area contributed by atoms with Crippen molar-refractivity contribution >= 4 is 40.9 Å². The fourth-order valence-electron chi connectivity index (χ4n) is 3.20. The van der Waals surface area contributed by atoms with Gasteiger partial charge in [0.05, 0.1) is 17.3 Å². The second-order valence-corrected chi connectivity index (χ2v) is 8.17. The minimum Gasteiger partial charge on any atom is -0.339 e. The summed E-state index contributed by atoms with van der Waals surface area (Å²) in [7, 11) is 0. The van der Waals surface area contributed by atoms with Crippen LogP contribution in [0.1, 0.15) is 12.5 Å². The molecule has 29 heavy (non-hydrogen) atoms. The summed E-state index contributed by atoms with van der Waals surface area (Å²) in [4.78, 5) is 33.0. The lowest BCUT2D eigenvalue weighted by atomic mass is 10.1. The van der Waals surface area contributed by atoms with Crippen molar-refractivity contribution in [2.24, 2.45) is 0 Å². The van der Waals surface area contributed by atoms with Crippen molar-refractivity contribution in [3.05, 3.63) is 53.2 Å². The first-order valence-corrected chi connectivity index (χ1v) is 11.0. The average molecular weight is 433 g/mol. The van der Waals surface area contributed by atoms with Crippen LogP contribution < -0.4 is 5.32 Å². The van der Waals surface area contributed by atoms with Crippen LogP contribution in [0, 0.1) is 0 Å². The van der Waals surface area contributed by atoms with E-state index in [1.807, 2.05) is 29.2 Å². The van der Waals surface area contributed by atoms with Gasteiger partial charge in [-0.2, -0.15) is 0 Å². The molecule has 1 aromatic carbocycles. The van der Waals surface area contributed by atoms with E-state index in [0.717, 1.165) is 17.7 Å². The molecule has 1 aliphatic rings. The SMILES string of the molecule is CCc1ccccc1NC(=O)CN1CCN(C(=O)CSc2ncccc2Cl)CC1. The molecule has 1 fully saturated rings. The van der Waals surface area contributed by atoms with Crippen molar-refractivity contribution in [1.82, 2.24) is 14.8 Å². The topological polar surface area (TPSA) is 65.5 Å². The number of halogens is 1. The Hall–Kier alpha value is -2.09. The normalized spacial score (nSPS) is 14.6. The van der Waals surface area contributed by atoms with Gasteiger partial charge in [-0.3, -0.25) is 14.5 Å². The molecule has 0 atom stereocenters. The van der Waals surface area contributed by atoms with Crippen molar-refractivity contribution in [3.8, 4) is 0 Å². The number of hydrogen-bond donors (Lipinski definition) is 1. The summed E-state index contributed by atoms with van der Waals surface area (Å²) in [5.41, 5.74) is 2.00. The van der Waals surface area contributed by atoms with Crippen LogP contribution in [-0.4, -0.2) is 65.1 Å². The second-order valence-electron chi connectivity index (χ2n) is 6.79. The Morgan fingerprint density at radius 3 is 2.62 bits per heavy atom. The van der Waals surface area contributed by atoms with Crippen molar-refractivity contribution in [2.75, 3.05) is 43.8 Å². The van der Waals surface area contributed by atoms with Gasteiger partial charge in [-0.05, 0) is 30.2 Å². The number of pyridine rings is 1. The molecule has 2 aromatic rings. The fourth-order valence-corrected chi connectivity index (χ4v) is 4.27. The highest BCUT2D eigenvalue weighted by Gasteiger charge is 2.23. The monoisotopic (exact) mass is 432 g/mol. The predicted molar refractivity (Wildman–Crippen MR) is 117 cm³/mol. The first-order chi connectivity index (χ1) is 14.1. The van der Waals surface area contributed by atoms with Gasteiger partial charge in [0.1, 0.15) is 5.03 Å². The highest BCUT2D eigenvalue weighted by Crippen LogP contribution is 2.24. The molecule has 3 rings (SSSR count). The smallest absolute Gasteiger partial charge is 0.238 e. The van der Waals surface area contributed by atoms with Crippen LogP contribution in [0.3, 0.4) is 0 Å². The Morgan fingerprint density at radius 1 is 1.14 bits per heavy atom. The van der Waals surface area contributed by atoms with Crippen LogP contribution in [0.5, 0.6) is 0 Å². The summed E-state index contributed by atoms with van der Waals surface area (Å²) in [6, 6.07) is 11.4. The molecular formula is C21H25ClN4O2S. The largest absolute Gasteiger partial charge is 0.339 e. The number of aromatic nitrogens is 1. The molecule has 154 valence electrons. The molecule has 0 saturated carbocycles. The highest BCUT2D eigenvalue weighted by molar-refractivity contribution is 8.00. The van der Waals surface area contributed by atoms with Gasteiger partial charge in [-0.1, -0.05) is 48.5 Å². The number of thioether (sulfide) groups is 1. The zero-order chi connectivity index (χ0) is 20.6. The number of nitrogens with one attached hydrogen (secondary N) is 1. The molecule has 0 unspecified atom stereocenters. The summed E-state index contributed by atoms with van der Waals surface area (Å²) in [5, 5.41) is 4.23. The van der Waals surface area contributed by atoms with Crippen LogP contribution in [0.2, 0.25) is 5.02 Å². The van der Waals surface area contributed by atoms with Gasteiger partial charge in [0.2, 0.25) is 11.8 Å². The third kappa shape index (κ3) is 6.19. The number of aryl methyl sites for hydroxylation is 1. The second kappa shape index (κ2) is 10.6. The Kier molecular flexibility index (Phi) is 7.91. The van der Waals surface area contributed by atoms with Crippen LogP contribution in [0.25, 0.3) is 0 Å². The number of carbonyl (C=O) groups excluding carboxylic acids is 2. The lowest BCUT2D eigenvalue weighted by Crippen LogP contribution is -2.50. The molecule has 1 N–H and O–H groups in total. The number of rotatable bonds is 7. The average Bonchev–Trinajstić information content (AvgIpc) is 2.74. The molecule has 2 amide bonds. The number of hydrogen-bond acceptors (Lipinski definition) is 5. The maximum absolute atomic E-state index is 12.5. The molecule has 1 aromatic heterocycles. The van der Waals surface area contributed by atoms with Crippen molar-refractivity contribution in [1.29, 1.82) is 0 Å². The van der Waals surface area contributed by atoms with E-state index in [0.29, 0.717) is 48.5 Å². The van der Waals surface area contributed by atoms with E-state index in [1.54, 1.807) is 18.3 Å². The van der Waals surface area contributed by atoms with Crippen LogP contribution in [-0.2, 0) is 16.0 Å². The van der Waals surface area contributed by atoms with Crippen molar-refractivity contribution in [3.63, 3.8) is 0 Å². The van der Waals surface area contributed by atoms with Gasteiger partial charge in [0, 0.05) is 38.1 Å². The minimum absolute atomic E-state index is 0.0222. The van der Waals surface area contributed by atoms with Crippen LogP contribution in [0.15, 0.2) is 47.6 Å². The van der Waals surface area contributed by atoms with E-state index >= 15 is 0 Å². The number of benzene rings is 1. The van der Waals surface area contributed by atoms with E-state index in [4.69, 9.17) is 11.6 Å². The maximum Gasteiger partial charge on any atom is 0.238 e. The molecule has 6 nitrogen and oxygen atoms in total. The number of piperazine rings is 1. The Balaban J connectivity index is 1.42. The molecule has 1 aliphatic heterocycles. The number of anilines is 1. The van der Waals surface area contributed by atoms with Gasteiger partial charge >= 0.3 is 0 Å². The zero-order valence-corrected chi connectivity index (χ0v) is 18.0. The van der Waals surface area contributed by atoms with E-state index in [2.05, 4.69) is 22.1 Å². The van der Waals surface area contributed by atoms with Gasteiger partial charge in [0.25, 0.3) is 0 Å². The van der Waals surface area contributed by atoms with Gasteiger partial charge in [-0.25, -0.2) is 4.98 Å². The summed E-state index contributed by atoms with van der Waals surface area (Å²) in [5.74, 6) is 0.356. The summed E-state index contributed by atoms with van der Waals surface area (Å²) in [6.07, 6.45) is 2.54. The van der Waals surface area contributed by atoms with E-state index in [-0.39, 0.29) is 11.8 Å². The standard InChI is InChI=1S/C21H25ClN4O2S/c1-2-16-6-3-4-8-18(16)24-19(27)14-25-10-12-26(13-11-25)20(28)15-29-21-17(22)7-5-9-23-21/h3-9H,2,10-15H2,1H3,(H,24,27). The van der Waals surface area contributed by atoms with E-state index in [9.17, 15) is 9.59 Å².